The molecule has 1 aromatic heterocycles. The number of ether oxygens (including phenoxy) is 2. The van der Waals surface area contributed by atoms with Crippen LogP contribution >= 0.6 is 0 Å². The summed E-state index contributed by atoms with van der Waals surface area (Å²) in [4.78, 5) is 17.2. The minimum atomic E-state index is -0.268. The summed E-state index contributed by atoms with van der Waals surface area (Å²) in [6.45, 7) is 6.81. The van der Waals surface area contributed by atoms with Gasteiger partial charge >= 0.3 is 5.97 Å². The number of aryl methyl sites for hydroxylation is 3. The molecule has 3 aromatic rings. The van der Waals surface area contributed by atoms with Gasteiger partial charge in [-0.15, -0.1) is 0 Å². The van der Waals surface area contributed by atoms with Crippen LogP contribution in [0.4, 0.5) is 0 Å². The summed E-state index contributed by atoms with van der Waals surface area (Å²) >= 11 is 0. The van der Waals surface area contributed by atoms with Crippen molar-refractivity contribution in [2.45, 2.75) is 40.0 Å². The van der Waals surface area contributed by atoms with Crippen molar-refractivity contribution < 1.29 is 19.4 Å². The Bertz CT molecular complexity index is 1120. The summed E-state index contributed by atoms with van der Waals surface area (Å²) in [6, 6.07) is 13.3. The summed E-state index contributed by atoms with van der Waals surface area (Å²) in [7, 11) is 0. The molecule has 1 aliphatic rings. The predicted molar refractivity (Wildman–Crippen MR) is 120 cm³/mol. The second-order valence-corrected chi connectivity index (χ2v) is 7.81. The van der Waals surface area contributed by atoms with Crippen molar-refractivity contribution in [3.63, 3.8) is 0 Å². The Morgan fingerprint density at radius 2 is 1.81 bits per heavy atom. The standard InChI is InChI=1S/C26H27NO4/c1-4-30-24(29)15-22-16(2)27-17(3)25(18-7-10-21(28)11-8-18)26(22)20-9-12-23-19(14-20)6-5-13-31-23/h7-12,14,28H,4-6,13,15H2,1-3H3. The smallest absolute Gasteiger partial charge is 0.310 e. The van der Waals surface area contributed by atoms with Gasteiger partial charge in [-0.1, -0.05) is 18.2 Å². The van der Waals surface area contributed by atoms with Crippen LogP contribution in [0, 0.1) is 13.8 Å². The van der Waals surface area contributed by atoms with Crippen molar-refractivity contribution in [3.05, 3.63) is 65.0 Å². The molecule has 0 saturated carbocycles. The maximum absolute atomic E-state index is 12.5. The first-order chi connectivity index (χ1) is 15.0. The van der Waals surface area contributed by atoms with Gasteiger partial charge in [-0.25, -0.2) is 0 Å². The number of fused-ring (bicyclic) bond motifs is 1. The first kappa shape index (κ1) is 20.9. The average molecular weight is 418 g/mol. The van der Waals surface area contributed by atoms with Gasteiger partial charge < -0.3 is 14.6 Å². The lowest BCUT2D eigenvalue weighted by Crippen LogP contribution is -2.12. The average Bonchev–Trinajstić information content (AvgIpc) is 2.76. The molecule has 0 saturated heterocycles. The number of carbonyl (C=O) groups is 1. The third kappa shape index (κ3) is 4.26. The molecule has 1 N–H and O–H groups in total. The van der Waals surface area contributed by atoms with E-state index in [0.717, 1.165) is 64.4 Å². The van der Waals surface area contributed by atoms with Gasteiger partial charge in [0, 0.05) is 17.0 Å². The molecule has 0 spiro atoms. The molecule has 0 unspecified atom stereocenters. The number of esters is 1. The zero-order chi connectivity index (χ0) is 22.0. The Labute approximate surface area is 182 Å². The molecule has 0 aliphatic carbocycles. The summed E-state index contributed by atoms with van der Waals surface area (Å²) < 4.78 is 11.1. The topological polar surface area (TPSA) is 68.7 Å². The molecule has 0 fully saturated rings. The second kappa shape index (κ2) is 8.80. The molecule has 1 aliphatic heterocycles. The Morgan fingerprint density at radius 1 is 1.06 bits per heavy atom. The van der Waals surface area contributed by atoms with Crippen molar-refractivity contribution >= 4 is 5.97 Å². The largest absolute Gasteiger partial charge is 0.508 e. The van der Waals surface area contributed by atoms with Gasteiger partial charge in [-0.3, -0.25) is 9.78 Å². The van der Waals surface area contributed by atoms with Gasteiger partial charge in [-0.05, 0) is 85.7 Å². The quantitative estimate of drug-likeness (QED) is 0.580. The monoisotopic (exact) mass is 417 g/mol. The molecule has 5 nitrogen and oxygen atoms in total. The number of phenolic OH excluding ortho intramolecular Hbond substituents is 1. The minimum absolute atomic E-state index is 0.154. The van der Waals surface area contributed by atoms with E-state index in [1.54, 1.807) is 12.1 Å². The van der Waals surface area contributed by atoms with E-state index in [1.807, 2.05) is 39.0 Å². The third-order valence-electron chi connectivity index (χ3n) is 5.67. The van der Waals surface area contributed by atoms with E-state index in [9.17, 15) is 9.90 Å². The normalized spacial score (nSPS) is 12.7. The van der Waals surface area contributed by atoms with Crippen molar-refractivity contribution in [1.82, 2.24) is 4.98 Å². The van der Waals surface area contributed by atoms with Crippen LogP contribution in [-0.4, -0.2) is 29.3 Å². The predicted octanol–water partition coefficient (Wildman–Crippen LogP) is 5.17. The number of hydrogen-bond acceptors (Lipinski definition) is 5. The SMILES string of the molecule is CCOC(=O)Cc1c(C)nc(C)c(-c2ccc(O)cc2)c1-c1ccc2c(c1)CCCO2. The van der Waals surface area contributed by atoms with Gasteiger partial charge in [0.05, 0.1) is 19.6 Å². The number of benzene rings is 2. The molecule has 0 atom stereocenters. The fourth-order valence-corrected chi connectivity index (χ4v) is 4.28. The van der Waals surface area contributed by atoms with Crippen LogP contribution in [-0.2, 0) is 22.4 Å². The lowest BCUT2D eigenvalue weighted by molar-refractivity contribution is -0.142. The molecule has 0 radical (unpaired) electrons. The maximum atomic E-state index is 12.5. The van der Waals surface area contributed by atoms with E-state index in [1.165, 1.54) is 5.56 Å². The number of nitrogens with zero attached hydrogens (tertiary/aromatic N) is 1. The third-order valence-corrected chi connectivity index (χ3v) is 5.67. The lowest BCUT2D eigenvalue weighted by atomic mass is 9.86. The number of phenols is 1. The number of rotatable bonds is 5. The van der Waals surface area contributed by atoms with Gasteiger partial charge in [0.15, 0.2) is 0 Å². The molecule has 5 heteroatoms. The zero-order valence-electron chi connectivity index (χ0n) is 18.2. The first-order valence-corrected chi connectivity index (χ1v) is 10.7. The highest BCUT2D eigenvalue weighted by molar-refractivity contribution is 5.90. The van der Waals surface area contributed by atoms with Crippen LogP contribution < -0.4 is 4.74 Å². The summed E-state index contributed by atoms with van der Waals surface area (Å²) in [5, 5.41) is 9.78. The molecule has 31 heavy (non-hydrogen) atoms. The van der Waals surface area contributed by atoms with Crippen LogP contribution in [0.2, 0.25) is 0 Å². The van der Waals surface area contributed by atoms with E-state index in [2.05, 4.69) is 12.1 Å². The van der Waals surface area contributed by atoms with Crippen LogP contribution in [0.3, 0.4) is 0 Å². The molecule has 2 heterocycles. The summed E-state index contributed by atoms with van der Waals surface area (Å²) in [6.07, 6.45) is 2.11. The van der Waals surface area contributed by atoms with Crippen molar-refractivity contribution in [2.24, 2.45) is 0 Å². The number of hydrogen-bond donors (Lipinski definition) is 1. The molecule has 0 bridgehead atoms. The summed E-state index contributed by atoms with van der Waals surface area (Å²) in [5.74, 6) is 0.867. The van der Waals surface area contributed by atoms with Crippen molar-refractivity contribution in [3.8, 4) is 33.8 Å². The van der Waals surface area contributed by atoms with Crippen molar-refractivity contribution in [2.75, 3.05) is 13.2 Å². The molecule has 2 aromatic carbocycles. The Balaban J connectivity index is 1.96. The number of carbonyl (C=O) groups excluding carboxylic acids is 1. The lowest BCUT2D eigenvalue weighted by Gasteiger charge is -2.22. The molecule has 0 amide bonds. The number of pyridine rings is 1. The minimum Gasteiger partial charge on any atom is -0.508 e. The Morgan fingerprint density at radius 3 is 2.55 bits per heavy atom. The van der Waals surface area contributed by atoms with E-state index in [4.69, 9.17) is 14.5 Å². The molecule has 4 rings (SSSR count). The number of aromatic hydroxyl groups is 1. The van der Waals surface area contributed by atoms with Gasteiger partial charge in [0.1, 0.15) is 11.5 Å². The van der Waals surface area contributed by atoms with E-state index < -0.39 is 0 Å². The maximum Gasteiger partial charge on any atom is 0.310 e. The van der Waals surface area contributed by atoms with E-state index in [0.29, 0.717) is 6.61 Å². The highest BCUT2D eigenvalue weighted by Crippen LogP contribution is 2.40. The van der Waals surface area contributed by atoms with Crippen LogP contribution in [0.15, 0.2) is 42.5 Å². The fourth-order valence-electron chi connectivity index (χ4n) is 4.28. The highest BCUT2D eigenvalue weighted by Gasteiger charge is 2.22. The van der Waals surface area contributed by atoms with Crippen LogP contribution in [0.5, 0.6) is 11.5 Å². The second-order valence-electron chi connectivity index (χ2n) is 7.81. The van der Waals surface area contributed by atoms with Crippen molar-refractivity contribution in [1.29, 1.82) is 0 Å². The van der Waals surface area contributed by atoms with Crippen LogP contribution in [0.1, 0.15) is 35.9 Å². The summed E-state index contributed by atoms with van der Waals surface area (Å²) in [5.41, 5.74) is 7.64. The van der Waals surface area contributed by atoms with Gasteiger partial charge in [0.25, 0.3) is 0 Å². The molecular formula is C26H27NO4. The Hall–Kier alpha value is -3.34. The van der Waals surface area contributed by atoms with Gasteiger partial charge in [0.2, 0.25) is 0 Å². The fraction of sp³-hybridized carbons (Fsp3) is 0.308. The van der Waals surface area contributed by atoms with Gasteiger partial charge in [-0.2, -0.15) is 0 Å². The van der Waals surface area contributed by atoms with E-state index in [-0.39, 0.29) is 18.1 Å². The molecular weight excluding hydrogens is 390 g/mol. The first-order valence-electron chi connectivity index (χ1n) is 10.7. The highest BCUT2D eigenvalue weighted by atomic mass is 16.5. The molecule has 160 valence electrons. The Kier molecular flexibility index (Phi) is 5.94. The zero-order valence-corrected chi connectivity index (χ0v) is 18.2. The number of aromatic nitrogens is 1. The van der Waals surface area contributed by atoms with E-state index >= 15 is 0 Å². The van der Waals surface area contributed by atoms with Crippen LogP contribution in [0.25, 0.3) is 22.3 Å².